The van der Waals surface area contributed by atoms with Gasteiger partial charge in [0.25, 0.3) is 0 Å². The molecule has 0 aliphatic carbocycles. The van der Waals surface area contributed by atoms with E-state index in [2.05, 4.69) is 27.7 Å². The normalized spacial score (nSPS) is 10.7. The van der Waals surface area contributed by atoms with Crippen molar-refractivity contribution in [2.75, 3.05) is 0 Å². The Balaban J connectivity index is 2.91. The maximum atomic E-state index is 2.34. The van der Waals surface area contributed by atoms with Gasteiger partial charge in [0.15, 0.2) is 0 Å². The van der Waals surface area contributed by atoms with Crippen molar-refractivity contribution < 1.29 is 0 Å². The predicted molar refractivity (Wildman–Crippen MR) is 54.3 cm³/mol. The summed E-state index contributed by atoms with van der Waals surface area (Å²) in [4.78, 5) is 0. The Morgan fingerprint density at radius 2 is 1.18 bits per heavy atom. The van der Waals surface area contributed by atoms with Crippen molar-refractivity contribution in [1.29, 1.82) is 0 Å². The molecule has 0 spiro atoms. The Bertz CT molecular complexity index is 66.9. The molecule has 0 aromatic carbocycles. The summed E-state index contributed by atoms with van der Waals surface area (Å²) >= 11 is 0.0759. The molecule has 0 aliphatic heterocycles. The van der Waals surface area contributed by atoms with E-state index in [-0.39, 0.29) is 21.1 Å². The Morgan fingerprint density at radius 3 is 1.45 bits per heavy atom. The van der Waals surface area contributed by atoms with Gasteiger partial charge in [-0.1, -0.05) is 0 Å². The average molecular weight is 261 g/mol. The molecule has 0 aliphatic rings. The third-order valence-electron chi connectivity index (χ3n) is 1.80. The van der Waals surface area contributed by atoms with Crippen molar-refractivity contribution in [1.82, 2.24) is 0 Å². The van der Waals surface area contributed by atoms with E-state index in [1.165, 1.54) is 12.8 Å². The van der Waals surface area contributed by atoms with Crippen molar-refractivity contribution in [2.24, 2.45) is 11.8 Å². The predicted octanol–water partition coefficient (Wildman–Crippen LogP) is 3.62. The molecule has 11 heavy (non-hydrogen) atoms. The van der Waals surface area contributed by atoms with Crippen LogP contribution in [-0.4, -0.2) is 21.1 Å². The van der Waals surface area contributed by atoms with Crippen LogP contribution in [0.2, 0.25) is 8.87 Å². The monoisotopic (exact) mass is 262 g/mol. The average Bonchev–Trinajstić information content (AvgIpc) is 1.85. The molecule has 0 nitrogen and oxygen atoms in total. The van der Waals surface area contributed by atoms with E-state index in [4.69, 9.17) is 0 Å². The second-order valence-corrected chi connectivity index (χ2v) is 8.40. The van der Waals surface area contributed by atoms with Gasteiger partial charge in [0.1, 0.15) is 0 Å². The van der Waals surface area contributed by atoms with Crippen molar-refractivity contribution in [3.63, 3.8) is 0 Å². The third-order valence-corrected chi connectivity index (χ3v) is 5.46. The van der Waals surface area contributed by atoms with Crippen LogP contribution in [0.5, 0.6) is 0 Å². The summed E-state index contributed by atoms with van der Waals surface area (Å²) in [6.45, 7) is 9.34. The van der Waals surface area contributed by atoms with Crippen molar-refractivity contribution in [2.45, 2.75) is 49.4 Å². The maximum absolute atomic E-state index is 2.34. The second-order valence-electron chi connectivity index (χ2n) is 4.12. The van der Waals surface area contributed by atoms with Gasteiger partial charge in [-0.15, -0.1) is 0 Å². The topological polar surface area (TPSA) is 0 Å². The SMILES string of the molecule is CC(C)C[CH2][Sn+2][CH2]CC(C)C. The van der Waals surface area contributed by atoms with E-state index in [1.54, 1.807) is 8.87 Å². The molecule has 0 aromatic rings. The second kappa shape index (κ2) is 7.45. The fraction of sp³-hybridized carbons (Fsp3) is 1.00. The molecule has 0 saturated heterocycles. The number of hydrogen-bond acceptors (Lipinski definition) is 0. The molecule has 0 atom stereocenters. The van der Waals surface area contributed by atoms with Gasteiger partial charge in [0, 0.05) is 0 Å². The molecule has 0 radical (unpaired) electrons. The van der Waals surface area contributed by atoms with Gasteiger partial charge in [-0.25, -0.2) is 0 Å². The number of hydrogen-bond donors (Lipinski definition) is 0. The minimum atomic E-state index is 0.0759. The van der Waals surface area contributed by atoms with Crippen LogP contribution in [-0.2, 0) is 0 Å². The van der Waals surface area contributed by atoms with Crippen LogP contribution in [0.25, 0.3) is 0 Å². The number of rotatable bonds is 6. The first-order valence-corrected chi connectivity index (χ1v) is 8.87. The van der Waals surface area contributed by atoms with Gasteiger partial charge in [0.05, 0.1) is 0 Å². The fourth-order valence-corrected chi connectivity index (χ4v) is 6.08. The van der Waals surface area contributed by atoms with Gasteiger partial charge >= 0.3 is 82.4 Å². The summed E-state index contributed by atoms with van der Waals surface area (Å²) in [6, 6.07) is 0. The van der Waals surface area contributed by atoms with Gasteiger partial charge in [-0.3, -0.25) is 0 Å². The molecule has 1 heteroatoms. The van der Waals surface area contributed by atoms with Crippen LogP contribution in [0.1, 0.15) is 40.5 Å². The van der Waals surface area contributed by atoms with Crippen LogP contribution in [0.15, 0.2) is 0 Å². The standard InChI is InChI=1S/2C5H11.Sn/c2*1-4-5(2)3;/h2*5H,1,4H2,2-3H3;/q;;+2. The summed E-state index contributed by atoms with van der Waals surface area (Å²) in [6.07, 6.45) is 2.98. The molecule has 0 amide bonds. The molecule has 0 aromatic heterocycles. The Hall–Kier alpha value is 0.799. The van der Waals surface area contributed by atoms with Gasteiger partial charge in [0.2, 0.25) is 0 Å². The molecule has 0 heterocycles. The van der Waals surface area contributed by atoms with Crippen LogP contribution >= 0.6 is 0 Å². The van der Waals surface area contributed by atoms with Crippen LogP contribution < -0.4 is 0 Å². The zero-order valence-corrected chi connectivity index (χ0v) is 11.3. The summed E-state index contributed by atoms with van der Waals surface area (Å²) < 4.78 is 3.21. The van der Waals surface area contributed by atoms with Crippen molar-refractivity contribution >= 4 is 21.1 Å². The molecule has 64 valence electrons. The van der Waals surface area contributed by atoms with E-state index < -0.39 is 0 Å². The van der Waals surface area contributed by atoms with Crippen molar-refractivity contribution in [3.8, 4) is 0 Å². The van der Waals surface area contributed by atoms with Crippen LogP contribution in [0.3, 0.4) is 0 Å². The van der Waals surface area contributed by atoms with Crippen LogP contribution in [0, 0.1) is 11.8 Å². The van der Waals surface area contributed by atoms with Crippen molar-refractivity contribution in [3.05, 3.63) is 0 Å². The molecule has 0 saturated carbocycles. The first-order chi connectivity index (χ1) is 5.13. The summed E-state index contributed by atoms with van der Waals surface area (Å²) in [5.41, 5.74) is 0. The summed E-state index contributed by atoms with van der Waals surface area (Å²) in [5.74, 6) is 1.88. The minimum absolute atomic E-state index is 0.0759. The zero-order chi connectivity index (χ0) is 8.69. The Labute approximate surface area is 82.4 Å². The fourth-order valence-electron chi connectivity index (χ4n) is 0.906. The molecular formula is C10H22Sn+2. The summed E-state index contributed by atoms with van der Waals surface area (Å²) in [7, 11) is 0. The quantitative estimate of drug-likeness (QED) is 0.506. The molecule has 0 N–H and O–H groups in total. The van der Waals surface area contributed by atoms with Gasteiger partial charge in [-0.2, -0.15) is 0 Å². The van der Waals surface area contributed by atoms with E-state index in [1.807, 2.05) is 0 Å². The summed E-state index contributed by atoms with van der Waals surface area (Å²) in [5, 5.41) is 0. The Morgan fingerprint density at radius 1 is 0.818 bits per heavy atom. The van der Waals surface area contributed by atoms with E-state index in [0.29, 0.717) is 0 Å². The molecule has 0 unspecified atom stereocenters. The molecule has 0 fully saturated rings. The molecule has 0 rings (SSSR count). The van der Waals surface area contributed by atoms with E-state index in [0.717, 1.165) is 11.8 Å². The van der Waals surface area contributed by atoms with Crippen LogP contribution in [0.4, 0.5) is 0 Å². The zero-order valence-electron chi connectivity index (χ0n) is 8.48. The van der Waals surface area contributed by atoms with E-state index in [9.17, 15) is 0 Å². The first kappa shape index (κ1) is 11.8. The van der Waals surface area contributed by atoms with E-state index >= 15 is 0 Å². The molecular weight excluding hydrogens is 239 g/mol. The third kappa shape index (κ3) is 10.8. The van der Waals surface area contributed by atoms with Gasteiger partial charge < -0.3 is 0 Å². The first-order valence-electron chi connectivity index (χ1n) is 4.83. The Kier molecular flexibility index (Phi) is 7.99. The van der Waals surface area contributed by atoms with Gasteiger partial charge in [-0.05, 0) is 0 Å². The molecule has 0 bridgehead atoms.